The van der Waals surface area contributed by atoms with Gasteiger partial charge in [-0.15, -0.1) is 0 Å². The van der Waals surface area contributed by atoms with Crippen LogP contribution in [0.15, 0.2) is 6.07 Å². The minimum absolute atomic E-state index is 0.194. The largest absolute Gasteiger partial charge is 0.433 e. The first-order valence-corrected chi connectivity index (χ1v) is 5.34. The maximum atomic E-state index is 12.4. The second kappa shape index (κ2) is 6.39. The first-order chi connectivity index (χ1) is 8.43. The van der Waals surface area contributed by atoms with Crippen molar-refractivity contribution in [2.75, 3.05) is 18.4 Å². The van der Waals surface area contributed by atoms with Gasteiger partial charge in [-0.05, 0) is 6.42 Å². The topological polar surface area (TPSA) is 66.9 Å². The molecule has 1 aromatic rings. The number of hydrogen-bond acceptors (Lipinski definition) is 4. The summed E-state index contributed by atoms with van der Waals surface area (Å²) >= 11 is 5.47. The average Bonchev–Trinajstić information content (AvgIpc) is 2.27. The van der Waals surface area contributed by atoms with Gasteiger partial charge in [0, 0.05) is 19.2 Å². The molecule has 5 nitrogen and oxygen atoms in total. The van der Waals surface area contributed by atoms with E-state index < -0.39 is 11.9 Å². The van der Waals surface area contributed by atoms with Gasteiger partial charge in [0.05, 0.1) is 0 Å². The summed E-state index contributed by atoms with van der Waals surface area (Å²) in [4.78, 5) is 16.9. The molecule has 1 heterocycles. The molecule has 1 rings (SSSR count). The van der Waals surface area contributed by atoms with Gasteiger partial charge in [0.25, 0.3) is 0 Å². The molecule has 9 heteroatoms. The molecule has 0 saturated heterocycles. The summed E-state index contributed by atoms with van der Waals surface area (Å²) in [6.45, 7) is 0.724. The zero-order valence-corrected chi connectivity index (χ0v) is 9.85. The van der Waals surface area contributed by atoms with Crippen LogP contribution in [0.25, 0.3) is 0 Å². The van der Waals surface area contributed by atoms with E-state index >= 15 is 0 Å². The lowest BCUT2D eigenvalue weighted by Crippen LogP contribution is -2.17. The van der Waals surface area contributed by atoms with Crippen LogP contribution in [-0.4, -0.2) is 29.5 Å². The van der Waals surface area contributed by atoms with Crippen molar-refractivity contribution in [2.24, 2.45) is 0 Å². The number of amides is 1. The van der Waals surface area contributed by atoms with E-state index in [0.717, 1.165) is 0 Å². The second-order valence-electron chi connectivity index (χ2n) is 3.25. The van der Waals surface area contributed by atoms with Crippen LogP contribution in [0.5, 0.6) is 0 Å². The number of hydrogen-bond donors (Lipinski definition) is 2. The molecule has 1 amide bonds. The first-order valence-electron chi connectivity index (χ1n) is 4.96. The monoisotopic (exact) mass is 282 g/mol. The van der Waals surface area contributed by atoms with E-state index in [2.05, 4.69) is 20.6 Å². The highest BCUT2D eigenvalue weighted by molar-refractivity contribution is 6.29. The maximum Gasteiger partial charge on any atom is 0.433 e. The molecular formula is C9H10ClF3N4O. The number of anilines is 1. The number of alkyl halides is 3. The third-order valence-electron chi connectivity index (χ3n) is 1.85. The van der Waals surface area contributed by atoms with Gasteiger partial charge in [-0.2, -0.15) is 13.2 Å². The molecule has 0 radical (unpaired) electrons. The summed E-state index contributed by atoms with van der Waals surface area (Å²) in [5, 5.41) is 4.72. The molecule has 0 bridgehead atoms. The van der Waals surface area contributed by atoms with E-state index in [9.17, 15) is 18.0 Å². The zero-order valence-electron chi connectivity index (χ0n) is 9.09. The summed E-state index contributed by atoms with van der Waals surface area (Å²) in [5.74, 6) is -0.194. The quantitative estimate of drug-likeness (QED) is 0.473. The smallest absolute Gasteiger partial charge is 0.359 e. The van der Waals surface area contributed by atoms with E-state index in [0.29, 0.717) is 32.0 Å². The van der Waals surface area contributed by atoms with Crippen LogP contribution in [-0.2, 0) is 11.0 Å². The van der Waals surface area contributed by atoms with Crippen molar-refractivity contribution >= 4 is 24.0 Å². The number of aromatic nitrogens is 2. The van der Waals surface area contributed by atoms with Crippen LogP contribution in [0.3, 0.4) is 0 Å². The Morgan fingerprint density at radius 2 is 2.06 bits per heavy atom. The Labute approximate surface area is 106 Å². The number of rotatable bonds is 6. The molecule has 0 aliphatic rings. The number of nitrogens with zero attached hydrogens (tertiary/aromatic N) is 2. The lowest BCUT2D eigenvalue weighted by atomic mass is 10.4. The molecular weight excluding hydrogens is 273 g/mol. The van der Waals surface area contributed by atoms with Crippen LogP contribution in [0.2, 0.25) is 5.15 Å². The van der Waals surface area contributed by atoms with E-state index in [1.54, 1.807) is 0 Å². The lowest BCUT2D eigenvalue weighted by Gasteiger charge is -2.09. The zero-order chi connectivity index (χ0) is 13.6. The summed E-state index contributed by atoms with van der Waals surface area (Å²) in [5.41, 5.74) is -1.10. The maximum absolute atomic E-state index is 12.4. The molecule has 1 aromatic heterocycles. The molecule has 0 aromatic carbocycles. The fourth-order valence-electron chi connectivity index (χ4n) is 1.09. The van der Waals surface area contributed by atoms with Gasteiger partial charge < -0.3 is 10.6 Å². The Morgan fingerprint density at radius 1 is 1.33 bits per heavy atom. The number of carbonyl (C=O) groups is 1. The van der Waals surface area contributed by atoms with Crippen molar-refractivity contribution in [3.8, 4) is 0 Å². The highest BCUT2D eigenvalue weighted by atomic mass is 35.5. The third-order valence-corrected chi connectivity index (χ3v) is 2.04. The summed E-state index contributed by atoms with van der Waals surface area (Å²) < 4.78 is 37.2. The Bertz CT molecular complexity index is 413. The minimum atomic E-state index is -4.57. The second-order valence-corrected chi connectivity index (χ2v) is 3.64. The van der Waals surface area contributed by atoms with Crippen molar-refractivity contribution in [2.45, 2.75) is 12.6 Å². The molecule has 100 valence electrons. The van der Waals surface area contributed by atoms with E-state index in [4.69, 9.17) is 11.6 Å². The third kappa shape index (κ3) is 4.74. The highest BCUT2D eigenvalue weighted by Gasteiger charge is 2.33. The Balaban J connectivity index is 2.60. The summed E-state index contributed by atoms with van der Waals surface area (Å²) in [7, 11) is 0. The highest BCUT2D eigenvalue weighted by Crippen LogP contribution is 2.29. The van der Waals surface area contributed by atoms with Crippen molar-refractivity contribution in [3.05, 3.63) is 16.9 Å². The molecule has 0 aliphatic carbocycles. The molecule has 0 aliphatic heterocycles. The predicted octanol–water partition coefficient (Wildman–Crippen LogP) is 1.70. The molecule has 0 unspecified atom stereocenters. The number of carbonyl (C=O) groups excluding carboxylic acids is 1. The van der Waals surface area contributed by atoms with Crippen molar-refractivity contribution < 1.29 is 18.0 Å². The lowest BCUT2D eigenvalue weighted by molar-refractivity contribution is -0.141. The standard InChI is InChI=1S/C9H10ClF3N4O/c10-7-4-6(9(11,12)13)16-8(17-7)15-3-1-2-14-5-18/h4-5H,1-3H2,(H,14,18)(H,15,16,17). The van der Waals surface area contributed by atoms with E-state index in [-0.39, 0.29) is 11.1 Å². The molecule has 0 fully saturated rings. The Morgan fingerprint density at radius 3 is 2.67 bits per heavy atom. The van der Waals surface area contributed by atoms with Crippen LogP contribution in [0.1, 0.15) is 12.1 Å². The molecule has 0 atom stereocenters. The molecule has 0 spiro atoms. The SMILES string of the molecule is O=CNCCCNc1nc(Cl)cc(C(F)(F)F)n1. The van der Waals surface area contributed by atoms with E-state index in [1.807, 2.05) is 0 Å². The van der Waals surface area contributed by atoms with Crippen molar-refractivity contribution in [3.63, 3.8) is 0 Å². The molecule has 2 N–H and O–H groups in total. The van der Waals surface area contributed by atoms with Gasteiger partial charge in [-0.3, -0.25) is 4.79 Å². The fraction of sp³-hybridized carbons (Fsp3) is 0.444. The Hall–Kier alpha value is -1.57. The van der Waals surface area contributed by atoms with Gasteiger partial charge in [0.1, 0.15) is 5.15 Å². The van der Waals surface area contributed by atoms with Crippen LogP contribution in [0.4, 0.5) is 19.1 Å². The summed E-state index contributed by atoms with van der Waals surface area (Å²) in [6, 6.07) is 0.653. The van der Waals surface area contributed by atoms with Gasteiger partial charge in [0.2, 0.25) is 12.4 Å². The number of nitrogens with one attached hydrogen (secondary N) is 2. The minimum Gasteiger partial charge on any atom is -0.359 e. The summed E-state index contributed by atoms with van der Waals surface area (Å²) in [6.07, 6.45) is -3.50. The van der Waals surface area contributed by atoms with Gasteiger partial charge in [-0.25, -0.2) is 9.97 Å². The van der Waals surface area contributed by atoms with Gasteiger partial charge in [0.15, 0.2) is 5.69 Å². The van der Waals surface area contributed by atoms with E-state index in [1.165, 1.54) is 0 Å². The van der Waals surface area contributed by atoms with Crippen LogP contribution in [0, 0.1) is 0 Å². The Kier molecular flexibility index (Phi) is 5.14. The fourth-order valence-corrected chi connectivity index (χ4v) is 1.27. The molecule has 18 heavy (non-hydrogen) atoms. The first kappa shape index (κ1) is 14.5. The van der Waals surface area contributed by atoms with Crippen molar-refractivity contribution in [1.29, 1.82) is 0 Å². The van der Waals surface area contributed by atoms with Crippen LogP contribution >= 0.6 is 11.6 Å². The average molecular weight is 283 g/mol. The predicted molar refractivity (Wildman–Crippen MR) is 59.2 cm³/mol. The van der Waals surface area contributed by atoms with Crippen molar-refractivity contribution in [1.82, 2.24) is 15.3 Å². The van der Waals surface area contributed by atoms with Gasteiger partial charge in [-0.1, -0.05) is 11.6 Å². The molecule has 0 saturated carbocycles. The van der Waals surface area contributed by atoms with Crippen LogP contribution < -0.4 is 10.6 Å². The van der Waals surface area contributed by atoms with Gasteiger partial charge >= 0.3 is 6.18 Å². The normalized spacial score (nSPS) is 11.1. The number of halogens is 4.